The van der Waals surface area contributed by atoms with E-state index in [4.69, 9.17) is 13.6 Å². The Morgan fingerprint density at radius 3 is 1.56 bits per heavy atom. The fourth-order valence-corrected chi connectivity index (χ4v) is 13.2. The number of ether oxygens (including phenoxy) is 1. The van der Waals surface area contributed by atoms with Gasteiger partial charge in [0.15, 0.2) is 28.2 Å². The Labute approximate surface area is 263 Å². The predicted octanol–water partition coefficient (Wildman–Crippen LogP) is 7.73. The summed E-state index contributed by atoms with van der Waals surface area (Å²) in [5.41, 5.74) is 0.833. The zero-order valence-electron chi connectivity index (χ0n) is 28.1. The average Bonchev–Trinajstić information content (AvgIpc) is 3.03. The van der Waals surface area contributed by atoms with Gasteiger partial charge in [0.25, 0.3) is 0 Å². The number of Topliss-reactive ketones (excluding diaryl/α,β-unsaturated/α-hetero) is 2. The highest BCUT2D eigenvalue weighted by Crippen LogP contribution is 2.46. The first-order chi connectivity index (χ1) is 20.6. The highest BCUT2D eigenvalue weighted by Gasteiger charge is 2.48. The molecule has 9 heteroatoms. The second-order valence-corrected chi connectivity index (χ2v) is 22.5. The minimum atomic E-state index is -2.13. The molecule has 5 atom stereocenters. The fourth-order valence-electron chi connectivity index (χ4n) is 7.42. The molecule has 0 radical (unpaired) electrons. The van der Waals surface area contributed by atoms with Crippen LogP contribution in [0.3, 0.4) is 0 Å². The molecule has 0 saturated carbocycles. The van der Waals surface area contributed by atoms with Crippen molar-refractivity contribution in [1.29, 1.82) is 0 Å². The van der Waals surface area contributed by atoms with Crippen LogP contribution in [0.2, 0.25) is 36.3 Å². The number of hydrogen-bond acceptors (Lipinski definition) is 7. The summed E-state index contributed by atoms with van der Waals surface area (Å²) in [7, 11) is -4.16. The molecule has 2 N–H and O–H groups in total. The molecule has 0 spiro atoms. The van der Waals surface area contributed by atoms with Gasteiger partial charge in [-0.15, -0.1) is 0 Å². The van der Waals surface area contributed by atoms with Crippen LogP contribution in [-0.2, 0) is 23.2 Å². The molecule has 7 nitrogen and oxygen atoms in total. The van der Waals surface area contributed by atoms with Crippen LogP contribution in [0.25, 0.3) is 0 Å². The lowest BCUT2D eigenvalue weighted by molar-refractivity contribution is -0.127. The lowest BCUT2D eigenvalue weighted by atomic mass is 9.72. The van der Waals surface area contributed by atoms with Gasteiger partial charge in [-0.1, -0.05) is 74.1 Å². The van der Waals surface area contributed by atoms with Crippen LogP contribution in [0.4, 0.5) is 0 Å². The number of rotatable bonds is 18. The molecule has 0 saturated heterocycles. The Hall–Kier alpha value is -1.11. The molecule has 1 aliphatic heterocycles. The molecule has 3 aliphatic rings. The Morgan fingerprint density at radius 2 is 1.14 bits per heavy atom. The third-order valence-corrected chi connectivity index (χ3v) is 20.2. The number of aliphatic hydroxyl groups is 2. The van der Waals surface area contributed by atoms with Gasteiger partial charge in [-0.25, -0.2) is 0 Å². The van der Waals surface area contributed by atoms with Crippen LogP contribution in [-0.4, -0.2) is 62.8 Å². The van der Waals surface area contributed by atoms with Crippen molar-refractivity contribution in [3.8, 4) is 0 Å². The predicted molar refractivity (Wildman–Crippen MR) is 177 cm³/mol. The van der Waals surface area contributed by atoms with Crippen molar-refractivity contribution in [3.05, 3.63) is 22.7 Å². The van der Waals surface area contributed by atoms with E-state index < -0.39 is 34.8 Å². The van der Waals surface area contributed by atoms with Crippen molar-refractivity contribution in [3.63, 3.8) is 0 Å². The van der Waals surface area contributed by atoms with E-state index in [1.165, 1.54) is 6.42 Å². The third-order valence-electron chi connectivity index (χ3n) is 10.9. The summed E-state index contributed by atoms with van der Waals surface area (Å²) < 4.78 is 20.9. The maximum atomic E-state index is 13.6. The standard InChI is InChI=1S/C34H60O7Si2/c1-8-15-16-17-18-27(40-42(9-2,10-3)11-4)30(41-43(12-5,13-6)14-7)23-24-31-28(21-19-25(35)33(31)37)39-29-22-20-26(36)34(38)32(24)29/h24-27,30,35-36H,8-23H2,1-7H3/t24?,25-,26+,27-,30+/m1/s1. The lowest BCUT2D eigenvalue weighted by Crippen LogP contribution is -2.51. The summed E-state index contributed by atoms with van der Waals surface area (Å²) >= 11 is 0. The second-order valence-electron chi connectivity index (χ2n) is 13.1. The summed E-state index contributed by atoms with van der Waals surface area (Å²) in [4.78, 5) is 27.2. The number of carbonyl (C=O) groups is 2. The summed E-state index contributed by atoms with van der Waals surface area (Å²) in [5, 5.41) is 21.3. The average molecular weight is 637 g/mol. The van der Waals surface area contributed by atoms with Crippen LogP contribution in [0.1, 0.15) is 113 Å². The maximum Gasteiger partial charge on any atom is 0.192 e. The number of carbonyl (C=O) groups excluding carboxylic acids is 2. The molecule has 3 rings (SSSR count). The SMILES string of the molecule is CCCCCC[C@@H](O[Si](CC)(CC)CC)[C@H](CC1C2=C(CC[C@@H](O)C2=O)OC2=C1C(=O)[C@@H](O)CC2)O[Si](CC)(CC)CC. The number of allylic oxidation sites excluding steroid dienone is 2. The van der Waals surface area contributed by atoms with Gasteiger partial charge in [0.2, 0.25) is 0 Å². The van der Waals surface area contributed by atoms with Gasteiger partial charge in [-0.05, 0) is 61.9 Å². The van der Waals surface area contributed by atoms with E-state index >= 15 is 0 Å². The Kier molecular flexibility index (Phi) is 13.9. The van der Waals surface area contributed by atoms with Crippen molar-refractivity contribution in [1.82, 2.24) is 0 Å². The van der Waals surface area contributed by atoms with Gasteiger partial charge >= 0.3 is 0 Å². The van der Waals surface area contributed by atoms with Crippen molar-refractivity contribution >= 4 is 28.2 Å². The summed E-state index contributed by atoms with van der Waals surface area (Å²) in [6.45, 7) is 15.7. The maximum absolute atomic E-state index is 13.6. The molecular weight excluding hydrogens is 577 g/mol. The molecule has 2 aliphatic carbocycles. The van der Waals surface area contributed by atoms with Crippen molar-refractivity contribution in [2.75, 3.05) is 0 Å². The molecule has 246 valence electrons. The minimum absolute atomic E-state index is 0.136. The highest BCUT2D eigenvalue weighted by molar-refractivity contribution is 6.74. The number of unbranched alkanes of at least 4 members (excludes halogenated alkanes) is 3. The van der Waals surface area contributed by atoms with Gasteiger partial charge in [-0.2, -0.15) is 0 Å². The van der Waals surface area contributed by atoms with Gasteiger partial charge in [-0.3, -0.25) is 9.59 Å². The molecular formula is C34H60O7Si2. The topological polar surface area (TPSA) is 102 Å². The molecule has 0 aromatic carbocycles. The zero-order valence-corrected chi connectivity index (χ0v) is 30.1. The molecule has 0 fully saturated rings. The summed E-state index contributed by atoms with van der Waals surface area (Å²) in [6.07, 6.45) is 4.75. The monoisotopic (exact) mass is 636 g/mol. The Morgan fingerprint density at radius 1 is 0.698 bits per heavy atom. The molecule has 0 amide bonds. The number of ketones is 2. The van der Waals surface area contributed by atoms with Gasteiger partial charge in [0, 0.05) is 29.9 Å². The van der Waals surface area contributed by atoms with Crippen LogP contribution in [0.5, 0.6) is 0 Å². The molecule has 43 heavy (non-hydrogen) atoms. The zero-order chi connectivity index (χ0) is 31.8. The van der Waals surface area contributed by atoms with Gasteiger partial charge in [0.1, 0.15) is 23.7 Å². The smallest absolute Gasteiger partial charge is 0.192 e. The van der Waals surface area contributed by atoms with Crippen LogP contribution in [0.15, 0.2) is 22.7 Å². The number of aliphatic hydroxyl groups excluding tert-OH is 2. The Balaban J connectivity index is 2.15. The van der Waals surface area contributed by atoms with Gasteiger partial charge < -0.3 is 23.8 Å². The van der Waals surface area contributed by atoms with Crippen LogP contribution < -0.4 is 0 Å². The van der Waals surface area contributed by atoms with E-state index in [-0.39, 0.29) is 23.8 Å². The first kappa shape index (κ1) is 36.4. The number of hydrogen-bond donors (Lipinski definition) is 2. The second kappa shape index (κ2) is 16.5. The third kappa shape index (κ3) is 8.19. The Bertz CT molecular complexity index is 952. The minimum Gasteiger partial charge on any atom is -0.465 e. The van der Waals surface area contributed by atoms with E-state index in [0.717, 1.165) is 61.9 Å². The normalized spacial score (nSPS) is 24.5. The molecule has 0 aromatic heterocycles. The summed E-state index contributed by atoms with van der Waals surface area (Å²) in [6, 6.07) is 6.07. The molecule has 0 bridgehead atoms. The van der Waals surface area contributed by atoms with Gasteiger partial charge in [0.05, 0.1) is 12.2 Å². The highest BCUT2D eigenvalue weighted by atomic mass is 28.4. The quantitative estimate of drug-likeness (QED) is 0.117. The summed E-state index contributed by atoms with van der Waals surface area (Å²) in [5.74, 6) is -0.101. The van der Waals surface area contributed by atoms with E-state index in [0.29, 0.717) is 54.8 Å². The lowest BCUT2D eigenvalue weighted by Gasteiger charge is -2.44. The molecule has 1 heterocycles. The van der Waals surface area contributed by atoms with Crippen LogP contribution in [0, 0.1) is 5.92 Å². The molecule has 0 aromatic rings. The molecule has 1 unspecified atom stereocenters. The van der Waals surface area contributed by atoms with E-state index in [2.05, 4.69) is 48.5 Å². The first-order valence-electron chi connectivity index (χ1n) is 17.5. The van der Waals surface area contributed by atoms with E-state index in [1.807, 2.05) is 0 Å². The largest absolute Gasteiger partial charge is 0.465 e. The van der Waals surface area contributed by atoms with E-state index in [9.17, 15) is 19.8 Å². The van der Waals surface area contributed by atoms with Crippen molar-refractivity contribution < 1.29 is 33.4 Å². The van der Waals surface area contributed by atoms with Crippen molar-refractivity contribution in [2.24, 2.45) is 5.92 Å². The first-order valence-corrected chi connectivity index (χ1v) is 22.6. The fraction of sp³-hybridized carbons (Fsp3) is 0.824. The van der Waals surface area contributed by atoms with Crippen LogP contribution >= 0.6 is 0 Å². The van der Waals surface area contributed by atoms with Crippen molar-refractivity contribution in [2.45, 2.75) is 173 Å². The van der Waals surface area contributed by atoms with E-state index in [1.54, 1.807) is 0 Å².